The summed E-state index contributed by atoms with van der Waals surface area (Å²) in [5, 5.41) is 3.60. The Balaban J connectivity index is 1.77. The molecule has 1 heterocycles. The van der Waals surface area contributed by atoms with Crippen molar-refractivity contribution < 1.29 is 0 Å². The van der Waals surface area contributed by atoms with Gasteiger partial charge in [0, 0.05) is 19.1 Å². The van der Waals surface area contributed by atoms with Crippen molar-refractivity contribution >= 4 is 0 Å². The molecule has 0 amide bonds. The van der Waals surface area contributed by atoms with Crippen LogP contribution < -0.4 is 5.32 Å². The Labute approximate surface area is 94.4 Å². The summed E-state index contributed by atoms with van der Waals surface area (Å²) < 4.78 is 0. The molecule has 2 heteroatoms. The second-order valence-electron chi connectivity index (χ2n) is 5.49. The van der Waals surface area contributed by atoms with Gasteiger partial charge in [-0.15, -0.1) is 0 Å². The monoisotopic (exact) mass is 210 g/mol. The second-order valence-corrected chi connectivity index (χ2v) is 5.49. The molecule has 0 aromatic heterocycles. The molecule has 2 aliphatic rings. The first-order valence-corrected chi connectivity index (χ1v) is 6.74. The molecule has 2 rings (SSSR count). The van der Waals surface area contributed by atoms with Gasteiger partial charge in [-0.2, -0.15) is 0 Å². The third-order valence-corrected chi connectivity index (χ3v) is 4.26. The number of hydrogen-bond donors (Lipinski definition) is 1. The van der Waals surface area contributed by atoms with E-state index in [0.717, 1.165) is 18.0 Å². The predicted molar refractivity (Wildman–Crippen MR) is 65.1 cm³/mol. The summed E-state index contributed by atoms with van der Waals surface area (Å²) in [6, 6.07) is 0.761. The van der Waals surface area contributed by atoms with E-state index < -0.39 is 0 Å². The maximum Gasteiger partial charge on any atom is 0.0195 e. The van der Waals surface area contributed by atoms with Gasteiger partial charge in [-0.1, -0.05) is 13.8 Å². The van der Waals surface area contributed by atoms with E-state index in [4.69, 9.17) is 0 Å². The maximum absolute atomic E-state index is 3.60. The Bertz CT molecular complexity index is 197. The molecule has 1 aliphatic carbocycles. The molecule has 1 saturated carbocycles. The SMILES string of the molecule is CCNC1CCCN(CC2(CC)CC2)C1. The average molecular weight is 210 g/mol. The van der Waals surface area contributed by atoms with Crippen LogP contribution in [0.25, 0.3) is 0 Å². The minimum absolute atomic E-state index is 0.730. The van der Waals surface area contributed by atoms with E-state index in [1.54, 1.807) is 0 Å². The number of rotatable bonds is 5. The van der Waals surface area contributed by atoms with Crippen LogP contribution in [0.5, 0.6) is 0 Å². The van der Waals surface area contributed by atoms with Crippen LogP contribution in [0, 0.1) is 5.41 Å². The Morgan fingerprint density at radius 2 is 2.13 bits per heavy atom. The third-order valence-electron chi connectivity index (χ3n) is 4.26. The topological polar surface area (TPSA) is 15.3 Å². The highest BCUT2D eigenvalue weighted by molar-refractivity contribution is 4.95. The summed E-state index contributed by atoms with van der Waals surface area (Å²) in [7, 11) is 0. The normalized spacial score (nSPS) is 30.4. The minimum atomic E-state index is 0.730. The van der Waals surface area contributed by atoms with Gasteiger partial charge in [-0.3, -0.25) is 0 Å². The Kier molecular flexibility index (Phi) is 3.68. The summed E-state index contributed by atoms with van der Waals surface area (Å²) in [6.45, 7) is 9.69. The quantitative estimate of drug-likeness (QED) is 0.749. The van der Waals surface area contributed by atoms with Crippen molar-refractivity contribution in [1.82, 2.24) is 10.2 Å². The fourth-order valence-corrected chi connectivity index (χ4v) is 2.93. The lowest BCUT2D eigenvalue weighted by Crippen LogP contribution is -2.47. The van der Waals surface area contributed by atoms with Gasteiger partial charge in [-0.25, -0.2) is 0 Å². The molecule has 0 bridgehead atoms. The van der Waals surface area contributed by atoms with Crippen LogP contribution >= 0.6 is 0 Å². The number of likely N-dealkylation sites (N-methyl/N-ethyl adjacent to an activating group) is 1. The largest absolute Gasteiger partial charge is 0.313 e. The van der Waals surface area contributed by atoms with Crippen LogP contribution in [0.15, 0.2) is 0 Å². The lowest BCUT2D eigenvalue weighted by molar-refractivity contribution is 0.157. The van der Waals surface area contributed by atoms with Crippen molar-refractivity contribution in [1.29, 1.82) is 0 Å². The minimum Gasteiger partial charge on any atom is -0.313 e. The van der Waals surface area contributed by atoms with Crippen LogP contribution in [0.4, 0.5) is 0 Å². The molecule has 1 N–H and O–H groups in total. The van der Waals surface area contributed by atoms with Crippen LogP contribution in [0.1, 0.15) is 46.0 Å². The van der Waals surface area contributed by atoms with Crippen LogP contribution in [-0.4, -0.2) is 37.1 Å². The van der Waals surface area contributed by atoms with E-state index >= 15 is 0 Å². The molecule has 0 spiro atoms. The standard InChI is InChI=1S/C13H26N2/c1-3-13(7-8-13)11-15-9-5-6-12(10-15)14-4-2/h12,14H,3-11H2,1-2H3. The van der Waals surface area contributed by atoms with Crippen LogP contribution in [-0.2, 0) is 0 Å². The van der Waals surface area contributed by atoms with E-state index in [0.29, 0.717) is 0 Å². The van der Waals surface area contributed by atoms with Gasteiger partial charge in [0.2, 0.25) is 0 Å². The van der Waals surface area contributed by atoms with Gasteiger partial charge in [0.1, 0.15) is 0 Å². The molecule has 0 aromatic carbocycles. The number of nitrogens with zero attached hydrogens (tertiary/aromatic N) is 1. The fourth-order valence-electron chi connectivity index (χ4n) is 2.93. The smallest absolute Gasteiger partial charge is 0.0195 e. The summed E-state index contributed by atoms with van der Waals surface area (Å²) in [4.78, 5) is 2.70. The summed E-state index contributed by atoms with van der Waals surface area (Å²) in [6.07, 6.45) is 7.11. The summed E-state index contributed by atoms with van der Waals surface area (Å²) in [5.74, 6) is 0. The molecule has 88 valence electrons. The zero-order chi connectivity index (χ0) is 10.7. The van der Waals surface area contributed by atoms with E-state index in [-0.39, 0.29) is 0 Å². The van der Waals surface area contributed by atoms with Crippen molar-refractivity contribution in [2.45, 2.75) is 52.0 Å². The highest BCUT2D eigenvalue weighted by Gasteiger charge is 2.42. The van der Waals surface area contributed by atoms with E-state index in [9.17, 15) is 0 Å². The Morgan fingerprint density at radius 1 is 1.33 bits per heavy atom. The number of piperidine rings is 1. The van der Waals surface area contributed by atoms with Crippen molar-refractivity contribution in [2.75, 3.05) is 26.2 Å². The third kappa shape index (κ3) is 2.94. The molecular weight excluding hydrogens is 184 g/mol. The van der Waals surface area contributed by atoms with Crippen LogP contribution in [0.3, 0.4) is 0 Å². The number of hydrogen-bond acceptors (Lipinski definition) is 2. The molecule has 2 fully saturated rings. The lowest BCUT2D eigenvalue weighted by Gasteiger charge is -2.35. The van der Waals surface area contributed by atoms with Crippen molar-refractivity contribution in [3.8, 4) is 0 Å². The number of likely N-dealkylation sites (tertiary alicyclic amines) is 1. The molecule has 0 aromatic rings. The molecule has 0 radical (unpaired) electrons. The van der Waals surface area contributed by atoms with Gasteiger partial charge in [-0.05, 0) is 50.6 Å². The molecule has 1 unspecified atom stereocenters. The Morgan fingerprint density at radius 3 is 2.73 bits per heavy atom. The van der Waals surface area contributed by atoms with Gasteiger partial charge in [0.25, 0.3) is 0 Å². The summed E-state index contributed by atoms with van der Waals surface area (Å²) >= 11 is 0. The highest BCUT2D eigenvalue weighted by atomic mass is 15.2. The molecular formula is C13H26N2. The molecule has 1 aliphatic heterocycles. The maximum atomic E-state index is 3.60. The van der Waals surface area contributed by atoms with Gasteiger partial charge < -0.3 is 10.2 Å². The average Bonchev–Trinajstić information content (AvgIpc) is 3.00. The van der Waals surface area contributed by atoms with E-state index in [1.165, 1.54) is 51.7 Å². The molecule has 2 nitrogen and oxygen atoms in total. The number of nitrogens with one attached hydrogen (secondary N) is 1. The van der Waals surface area contributed by atoms with Gasteiger partial charge in [0.05, 0.1) is 0 Å². The van der Waals surface area contributed by atoms with Gasteiger partial charge in [0.15, 0.2) is 0 Å². The molecule has 1 atom stereocenters. The molecule has 1 saturated heterocycles. The predicted octanol–water partition coefficient (Wildman–Crippen LogP) is 2.25. The fraction of sp³-hybridized carbons (Fsp3) is 1.00. The van der Waals surface area contributed by atoms with E-state index in [1.807, 2.05) is 0 Å². The second kappa shape index (κ2) is 4.84. The van der Waals surface area contributed by atoms with Gasteiger partial charge >= 0.3 is 0 Å². The molecule has 15 heavy (non-hydrogen) atoms. The first-order chi connectivity index (χ1) is 7.28. The van der Waals surface area contributed by atoms with Crippen molar-refractivity contribution in [3.05, 3.63) is 0 Å². The first kappa shape index (κ1) is 11.4. The van der Waals surface area contributed by atoms with Crippen LogP contribution in [0.2, 0.25) is 0 Å². The van der Waals surface area contributed by atoms with E-state index in [2.05, 4.69) is 24.1 Å². The zero-order valence-corrected chi connectivity index (χ0v) is 10.4. The van der Waals surface area contributed by atoms with Crippen molar-refractivity contribution in [2.24, 2.45) is 5.41 Å². The summed E-state index contributed by atoms with van der Waals surface area (Å²) in [5.41, 5.74) is 0.730. The zero-order valence-electron chi connectivity index (χ0n) is 10.4. The lowest BCUT2D eigenvalue weighted by atomic mass is 9.99. The first-order valence-electron chi connectivity index (χ1n) is 6.74. The Hall–Kier alpha value is -0.0800. The highest BCUT2D eigenvalue weighted by Crippen LogP contribution is 2.49. The van der Waals surface area contributed by atoms with Crippen molar-refractivity contribution in [3.63, 3.8) is 0 Å².